The summed E-state index contributed by atoms with van der Waals surface area (Å²) < 4.78 is 6.07. The molecule has 1 aliphatic heterocycles. The molecule has 0 saturated carbocycles. The summed E-state index contributed by atoms with van der Waals surface area (Å²) in [7, 11) is 0. The van der Waals surface area contributed by atoms with Gasteiger partial charge in [-0.3, -0.25) is 9.59 Å². The van der Waals surface area contributed by atoms with Gasteiger partial charge in [0.15, 0.2) is 11.9 Å². The number of rotatable bonds is 3. The van der Waals surface area contributed by atoms with Gasteiger partial charge in [-0.15, -0.1) is 0 Å². The van der Waals surface area contributed by atoms with E-state index in [4.69, 9.17) is 4.74 Å². The molecule has 1 aliphatic rings. The van der Waals surface area contributed by atoms with Crippen LogP contribution < -0.4 is 5.32 Å². The molecule has 2 aromatic rings. The first-order chi connectivity index (χ1) is 11.4. The van der Waals surface area contributed by atoms with E-state index in [1.165, 1.54) is 6.92 Å². The van der Waals surface area contributed by atoms with Gasteiger partial charge >= 0.3 is 5.97 Å². The van der Waals surface area contributed by atoms with Crippen LogP contribution in [0.4, 0.5) is 5.69 Å². The number of esters is 1. The second kappa shape index (κ2) is 6.57. The number of benzene rings is 2. The maximum absolute atomic E-state index is 12.4. The van der Waals surface area contributed by atoms with Gasteiger partial charge in [-0.1, -0.05) is 15.9 Å². The van der Waals surface area contributed by atoms with E-state index in [-0.39, 0.29) is 5.78 Å². The van der Waals surface area contributed by atoms with E-state index in [0.29, 0.717) is 23.2 Å². The van der Waals surface area contributed by atoms with Crippen LogP contribution in [0.5, 0.6) is 0 Å². The largest absolute Gasteiger partial charge is 0.448 e. The van der Waals surface area contributed by atoms with Crippen molar-refractivity contribution in [2.75, 3.05) is 5.32 Å². The number of Topliss-reactive ketones (excluding diaryl/α,β-unsaturated/α-hetero) is 1. The molecule has 1 amide bonds. The number of halogens is 1. The van der Waals surface area contributed by atoms with Crippen molar-refractivity contribution >= 4 is 39.3 Å². The average Bonchev–Trinajstić information content (AvgIpc) is 2.54. The van der Waals surface area contributed by atoms with E-state index in [1.807, 2.05) is 6.07 Å². The maximum Gasteiger partial charge on any atom is 0.339 e. The molecule has 1 atom stereocenters. The number of amides is 1. The molecule has 0 aromatic heterocycles. The predicted octanol–water partition coefficient (Wildman–Crippen LogP) is 3.37. The summed E-state index contributed by atoms with van der Waals surface area (Å²) in [6.07, 6.45) is -0.565. The van der Waals surface area contributed by atoms with E-state index in [2.05, 4.69) is 21.2 Å². The molecule has 0 bridgehead atoms. The fraction of sp³-hybridized carbons (Fsp3) is 0.167. The molecule has 3 rings (SSSR count). The van der Waals surface area contributed by atoms with Crippen LogP contribution in [0.1, 0.15) is 33.2 Å². The van der Waals surface area contributed by atoms with Crippen molar-refractivity contribution in [3.8, 4) is 0 Å². The van der Waals surface area contributed by atoms with E-state index in [1.54, 1.807) is 36.4 Å². The lowest BCUT2D eigenvalue weighted by atomic mass is 9.98. The SMILES string of the molecule is CC(=O)c1ccc(NC(=O)C2Cc3cc(Br)ccc3C(=O)O2)cc1. The molecule has 0 spiro atoms. The maximum atomic E-state index is 12.4. The number of carbonyl (C=O) groups excluding carboxylic acids is 3. The van der Waals surface area contributed by atoms with Crippen molar-refractivity contribution in [3.05, 3.63) is 63.6 Å². The zero-order chi connectivity index (χ0) is 17.3. The molecule has 24 heavy (non-hydrogen) atoms. The Morgan fingerprint density at radius 3 is 2.54 bits per heavy atom. The van der Waals surface area contributed by atoms with Crippen molar-refractivity contribution in [1.29, 1.82) is 0 Å². The third kappa shape index (κ3) is 3.38. The molecule has 1 N–H and O–H groups in total. The standard InChI is InChI=1S/C18H14BrNO4/c1-10(21)11-2-5-14(6-3-11)20-17(22)16-9-12-8-13(19)4-7-15(12)18(23)24-16/h2-8,16H,9H2,1H3,(H,20,22). The Morgan fingerprint density at radius 2 is 1.88 bits per heavy atom. The van der Waals surface area contributed by atoms with Gasteiger partial charge in [0.25, 0.3) is 5.91 Å². The second-order valence-electron chi connectivity index (χ2n) is 5.52. The Bertz CT molecular complexity index is 829. The van der Waals surface area contributed by atoms with Crippen LogP contribution in [0.3, 0.4) is 0 Å². The van der Waals surface area contributed by atoms with Gasteiger partial charge in [-0.05, 0) is 55.0 Å². The number of carbonyl (C=O) groups is 3. The molecule has 0 radical (unpaired) electrons. The summed E-state index contributed by atoms with van der Waals surface area (Å²) >= 11 is 3.36. The molecule has 1 heterocycles. The number of anilines is 1. The fourth-order valence-electron chi connectivity index (χ4n) is 2.52. The van der Waals surface area contributed by atoms with Crippen molar-refractivity contribution in [2.45, 2.75) is 19.4 Å². The lowest BCUT2D eigenvalue weighted by Crippen LogP contribution is -2.38. The molecule has 5 nitrogen and oxygen atoms in total. The lowest BCUT2D eigenvalue weighted by Gasteiger charge is -2.24. The van der Waals surface area contributed by atoms with Crippen LogP contribution >= 0.6 is 15.9 Å². The first-order valence-electron chi connectivity index (χ1n) is 7.35. The van der Waals surface area contributed by atoms with Crippen LogP contribution in [-0.2, 0) is 16.0 Å². The monoisotopic (exact) mass is 387 g/mol. The highest BCUT2D eigenvalue weighted by Gasteiger charge is 2.31. The molecule has 0 fully saturated rings. The predicted molar refractivity (Wildman–Crippen MR) is 92.1 cm³/mol. The molecular weight excluding hydrogens is 374 g/mol. The van der Waals surface area contributed by atoms with Crippen molar-refractivity contribution < 1.29 is 19.1 Å². The van der Waals surface area contributed by atoms with Gasteiger partial charge in [0.2, 0.25) is 0 Å². The van der Waals surface area contributed by atoms with Gasteiger partial charge in [0.1, 0.15) is 0 Å². The van der Waals surface area contributed by atoms with Crippen LogP contribution in [-0.4, -0.2) is 23.8 Å². The Balaban J connectivity index is 1.74. The minimum atomic E-state index is -0.883. The summed E-state index contributed by atoms with van der Waals surface area (Å²) in [5.41, 5.74) is 2.36. The first kappa shape index (κ1) is 16.4. The highest BCUT2D eigenvalue weighted by Crippen LogP contribution is 2.25. The Labute approximate surface area is 147 Å². The van der Waals surface area contributed by atoms with Crippen LogP contribution in [0.25, 0.3) is 0 Å². The van der Waals surface area contributed by atoms with Crippen molar-refractivity contribution in [1.82, 2.24) is 0 Å². The molecule has 1 unspecified atom stereocenters. The highest BCUT2D eigenvalue weighted by molar-refractivity contribution is 9.10. The number of ether oxygens (including phenoxy) is 1. The lowest BCUT2D eigenvalue weighted by molar-refractivity contribution is -0.125. The van der Waals surface area contributed by atoms with Gasteiger partial charge in [0.05, 0.1) is 5.56 Å². The smallest absolute Gasteiger partial charge is 0.339 e. The van der Waals surface area contributed by atoms with Gasteiger partial charge in [-0.2, -0.15) is 0 Å². The number of hydrogen-bond acceptors (Lipinski definition) is 4. The summed E-state index contributed by atoms with van der Waals surface area (Å²) in [6.45, 7) is 1.48. The van der Waals surface area contributed by atoms with E-state index in [0.717, 1.165) is 10.0 Å². The summed E-state index contributed by atoms with van der Waals surface area (Å²) in [5.74, 6) is -0.948. The molecule has 6 heteroatoms. The fourth-order valence-corrected chi connectivity index (χ4v) is 2.93. The Kier molecular flexibility index (Phi) is 4.49. The number of ketones is 1. The molecule has 122 valence electrons. The first-order valence-corrected chi connectivity index (χ1v) is 8.14. The minimum absolute atomic E-state index is 0.0451. The molecule has 0 aliphatic carbocycles. The average molecular weight is 388 g/mol. The van der Waals surface area contributed by atoms with E-state index < -0.39 is 18.0 Å². The number of cyclic esters (lactones) is 1. The topological polar surface area (TPSA) is 72.5 Å². The highest BCUT2D eigenvalue weighted by atomic mass is 79.9. The summed E-state index contributed by atoms with van der Waals surface area (Å²) in [4.78, 5) is 35.6. The number of nitrogens with one attached hydrogen (secondary N) is 1. The van der Waals surface area contributed by atoms with Crippen molar-refractivity contribution in [2.24, 2.45) is 0 Å². The van der Waals surface area contributed by atoms with Crippen molar-refractivity contribution in [3.63, 3.8) is 0 Å². The van der Waals surface area contributed by atoms with E-state index >= 15 is 0 Å². The molecule has 2 aromatic carbocycles. The van der Waals surface area contributed by atoms with Crippen LogP contribution in [0.15, 0.2) is 46.9 Å². The van der Waals surface area contributed by atoms with Gasteiger partial charge in [-0.25, -0.2) is 4.79 Å². The normalized spacial score (nSPS) is 16.1. The zero-order valence-electron chi connectivity index (χ0n) is 12.8. The second-order valence-corrected chi connectivity index (χ2v) is 6.44. The molecule has 0 saturated heterocycles. The zero-order valence-corrected chi connectivity index (χ0v) is 14.4. The third-order valence-corrected chi connectivity index (χ3v) is 4.29. The van der Waals surface area contributed by atoms with Crippen LogP contribution in [0, 0.1) is 0 Å². The third-order valence-electron chi connectivity index (χ3n) is 3.79. The van der Waals surface area contributed by atoms with Crippen LogP contribution in [0.2, 0.25) is 0 Å². The number of hydrogen-bond donors (Lipinski definition) is 1. The Hall–Kier alpha value is -2.47. The quantitative estimate of drug-likeness (QED) is 0.647. The number of fused-ring (bicyclic) bond motifs is 1. The van der Waals surface area contributed by atoms with Gasteiger partial charge in [0, 0.05) is 22.1 Å². The van der Waals surface area contributed by atoms with E-state index in [9.17, 15) is 14.4 Å². The molecular formula is C18H14BrNO4. The van der Waals surface area contributed by atoms with Gasteiger partial charge < -0.3 is 10.1 Å². The summed E-state index contributed by atoms with van der Waals surface area (Å²) in [5, 5.41) is 2.70. The summed E-state index contributed by atoms with van der Waals surface area (Å²) in [6, 6.07) is 11.8. The minimum Gasteiger partial charge on any atom is -0.448 e. The Morgan fingerprint density at radius 1 is 1.17 bits per heavy atom.